The number of rotatable bonds is 10. The number of benzene rings is 7. The van der Waals surface area contributed by atoms with E-state index in [1.54, 1.807) is 0 Å². The molecule has 0 aromatic heterocycles. The Morgan fingerprint density at radius 1 is 0.485 bits per heavy atom. The number of fused-ring (bicyclic) bond motifs is 4. The smallest absolute Gasteiger partial charge is 0.198 e. The maximum Gasteiger partial charge on any atom is 0.198 e. The summed E-state index contributed by atoms with van der Waals surface area (Å²) in [6, 6.07) is 55.6. The average Bonchev–Trinajstić information content (AvgIpc) is 3.32. The van der Waals surface area contributed by atoms with Crippen molar-refractivity contribution in [3.05, 3.63) is 173 Å². The van der Waals surface area contributed by atoms with Crippen molar-refractivity contribution < 1.29 is 0 Å². The fraction of sp³-hybridized carbons (Fsp3) is 0.333. The van der Waals surface area contributed by atoms with Gasteiger partial charge in [0.15, 0.2) is 7.28 Å². The summed E-state index contributed by atoms with van der Waals surface area (Å²) in [5, 5.41) is 3.97. The standard InChI is InChI=1S/C63H69BN2/c1-10-11-14-19-42-36-50(49-38-46(44-22-17-13-18-23-44)26-31-56(49)65-47-27-24-45(25-28-47)43-20-15-12-16-21-43)59-58(37-42)66(48-29-30-51-52(39-48)61(4,5)33-32-60(51,2)3)57-41-54-53(40-55(57)64-59)62(6,7)34-35-63(54,8)9/h12-13,15-18,20-31,36-41,64-65H,10-11,14,19,32-35H2,1-9H3. The van der Waals surface area contributed by atoms with E-state index in [1.807, 2.05) is 0 Å². The second-order valence-electron chi connectivity index (χ2n) is 22.6. The van der Waals surface area contributed by atoms with E-state index in [9.17, 15) is 0 Å². The minimum Gasteiger partial charge on any atom is -0.355 e. The van der Waals surface area contributed by atoms with Crippen LogP contribution in [0.5, 0.6) is 0 Å². The Morgan fingerprint density at radius 2 is 1.05 bits per heavy atom. The van der Waals surface area contributed by atoms with E-state index in [-0.39, 0.29) is 21.7 Å². The van der Waals surface area contributed by atoms with Crippen molar-refractivity contribution in [1.82, 2.24) is 0 Å². The average molecular weight is 865 g/mol. The molecule has 3 heteroatoms. The Bertz CT molecular complexity index is 2920. The maximum absolute atomic E-state index is 3.97. The highest BCUT2D eigenvalue weighted by Gasteiger charge is 2.41. The number of unbranched alkanes of at least 4 members (excludes halogenated alkanes) is 2. The molecule has 0 radical (unpaired) electrons. The van der Waals surface area contributed by atoms with Crippen LogP contribution in [0.15, 0.2) is 146 Å². The van der Waals surface area contributed by atoms with Crippen molar-refractivity contribution in [2.24, 2.45) is 0 Å². The second kappa shape index (κ2) is 16.8. The maximum atomic E-state index is 3.97. The van der Waals surface area contributed by atoms with Gasteiger partial charge in [-0.05, 0) is 170 Å². The topological polar surface area (TPSA) is 15.3 Å². The van der Waals surface area contributed by atoms with Gasteiger partial charge in [0.2, 0.25) is 0 Å². The minimum absolute atomic E-state index is 0.0923. The lowest BCUT2D eigenvalue weighted by Crippen LogP contribution is -2.44. The summed E-state index contributed by atoms with van der Waals surface area (Å²) >= 11 is 0. The molecule has 0 fully saturated rings. The summed E-state index contributed by atoms with van der Waals surface area (Å²) < 4.78 is 0. The van der Waals surface area contributed by atoms with Crippen LogP contribution in [0.4, 0.5) is 28.4 Å². The largest absolute Gasteiger partial charge is 0.355 e. The van der Waals surface area contributed by atoms with Gasteiger partial charge in [0.05, 0.1) is 0 Å². The van der Waals surface area contributed by atoms with E-state index < -0.39 is 0 Å². The van der Waals surface area contributed by atoms with Crippen LogP contribution in [0.2, 0.25) is 0 Å². The van der Waals surface area contributed by atoms with Crippen LogP contribution in [0.25, 0.3) is 33.4 Å². The molecule has 0 unspecified atom stereocenters. The third-order valence-electron chi connectivity index (χ3n) is 16.0. The van der Waals surface area contributed by atoms with E-state index in [1.165, 1.54) is 134 Å². The summed E-state index contributed by atoms with van der Waals surface area (Å²) in [5.41, 5.74) is 24.4. The van der Waals surface area contributed by atoms with Crippen molar-refractivity contribution >= 4 is 46.6 Å². The number of nitrogens with one attached hydrogen (secondary N) is 1. The lowest BCUT2D eigenvalue weighted by Gasteiger charge is -2.45. The highest BCUT2D eigenvalue weighted by molar-refractivity contribution is 6.73. The van der Waals surface area contributed by atoms with Crippen LogP contribution in [-0.4, -0.2) is 7.28 Å². The SMILES string of the molecule is CCCCCc1cc(-c2cc(-c3ccccc3)ccc2Nc2ccc(-c3ccccc3)cc2)c2c(c1)N(c1ccc3c(c1)C(C)(C)CCC3(C)C)c1cc3c(cc1B2)C(C)(C)CCC3(C)C. The first-order chi connectivity index (χ1) is 31.6. The molecule has 0 spiro atoms. The minimum atomic E-state index is 0.0923. The molecular formula is C63H69BN2. The molecule has 7 aromatic rings. The molecular weight excluding hydrogens is 796 g/mol. The first-order valence-corrected chi connectivity index (χ1v) is 25.0. The fourth-order valence-electron chi connectivity index (χ4n) is 11.6. The Labute approximate surface area is 397 Å². The molecule has 334 valence electrons. The molecule has 10 rings (SSSR count). The molecule has 2 nitrogen and oxygen atoms in total. The van der Waals surface area contributed by atoms with E-state index in [2.05, 4.69) is 218 Å². The van der Waals surface area contributed by atoms with Gasteiger partial charge in [0.25, 0.3) is 0 Å². The lowest BCUT2D eigenvalue weighted by atomic mass is 9.55. The molecule has 0 amide bonds. The molecule has 0 bridgehead atoms. The van der Waals surface area contributed by atoms with Crippen LogP contribution < -0.4 is 21.1 Å². The summed E-state index contributed by atoms with van der Waals surface area (Å²) in [4.78, 5) is 2.70. The number of aryl methyl sites for hydroxylation is 1. The Hall–Kier alpha value is -5.80. The summed E-state index contributed by atoms with van der Waals surface area (Å²) in [6.07, 6.45) is 9.43. The zero-order chi connectivity index (χ0) is 46.0. The number of hydrogen-bond donors (Lipinski definition) is 1. The third kappa shape index (κ3) is 8.11. The normalized spacial score (nSPS) is 17.1. The molecule has 0 atom stereocenters. The number of hydrogen-bond acceptors (Lipinski definition) is 2. The zero-order valence-electron chi connectivity index (χ0n) is 41.2. The van der Waals surface area contributed by atoms with Crippen LogP contribution >= 0.6 is 0 Å². The predicted octanol–water partition coefficient (Wildman–Crippen LogP) is 16.0. The number of anilines is 5. The Balaban J connectivity index is 1.22. The van der Waals surface area contributed by atoms with Crippen molar-refractivity contribution in [3.8, 4) is 33.4 Å². The molecule has 0 saturated heterocycles. The van der Waals surface area contributed by atoms with Gasteiger partial charge in [0, 0.05) is 34.0 Å². The second-order valence-corrected chi connectivity index (χ2v) is 22.6. The van der Waals surface area contributed by atoms with Crippen LogP contribution in [0, 0.1) is 0 Å². The van der Waals surface area contributed by atoms with Crippen molar-refractivity contribution in [2.75, 3.05) is 10.2 Å². The van der Waals surface area contributed by atoms with Gasteiger partial charge in [-0.1, -0.05) is 178 Å². The molecule has 3 aliphatic rings. The summed E-state index contributed by atoms with van der Waals surface area (Å²) in [6.45, 7) is 22.1. The molecule has 7 aromatic carbocycles. The monoisotopic (exact) mass is 865 g/mol. The molecule has 1 heterocycles. The Kier molecular flexibility index (Phi) is 11.2. The highest BCUT2D eigenvalue weighted by Crippen LogP contribution is 2.51. The van der Waals surface area contributed by atoms with Crippen LogP contribution in [0.1, 0.15) is 135 Å². The molecule has 0 saturated carbocycles. The lowest BCUT2D eigenvalue weighted by molar-refractivity contribution is 0.332. The van der Waals surface area contributed by atoms with Crippen LogP contribution in [0.3, 0.4) is 0 Å². The van der Waals surface area contributed by atoms with Crippen molar-refractivity contribution in [1.29, 1.82) is 0 Å². The van der Waals surface area contributed by atoms with E-state index in [0.29, 0.717) is 0 Å². The molecule has 1 N–H and O–H groups in total. The van der Waals surface area contributed by atoms with E-state index in [0.717, 1.165) is 25.1 Å². The highest BCUT2D eigenvalue weighted by atomic mass is 15.2. The molecule has 1 aliphatic heterocycles. The van der Waals surface area contributed by atoms with Gasteiger partial charge in [0.1, 0.15) is 0 Å². The molecule has 2 aliphatic carbocycles. The quantitative estimate of drug-likeness (QED) is 0.109. The van der Waals surface area contributed by atoms with Gasteiger partial charge < -0.3 is 10.2 Å². The van der Waals surface area contributed by atoms with Gasteiger partial charge in [-0.3, -0.25) is 0 Å². The summed E-state index contributed by atoms with van der Waals surface area (Å²) in [7, 11) is 0.875. The molecule has 66 heavy (non-hydrogen) atoms. The number of nitrogens with zero attached hydrogens (tertiary/aromatic N) is 1. The first-order valence-electron chi connectivity index (χ1n) is 25.0. The van der Waals surface area contributed by atoms with Crippen LogP contribution in [-0.2, 0) is 28.1 Å². The Morgan fingerprint density at radius 3 is 1.68 bits per heavy atom. The van der Waals surface area contributed by atoms with Gasteiger partial charge in [-0.25, -0.2) is 0 Å². The van der Waals surface area contributed by atoms with Crippen molar-refractivity contribution in [3.63, 3.8) is 0 Å². The van der Waals surface area contributed by atoms with E-state index in [4.69, 9.17) is 0 Å². The first kappa shape index (κ1) is 44.1. The fourth-order valence-corrected chi connectivity index (χ4v) is 11.6. The summed E-state index contributed by atoms with van der Waals surface area (Å²) in [5.74, 6) is 0. The van der Waals surface area contributed by atoms with Crippen molar-refractivity contribution in [2.45, 2.75) is 135 Å². The van der Waals surface area contributed by atoms with Gasteiger partial charge in [-0.15, -0.1) is 0 Å². The predicted molar refractivity (Wildman–Crippen MR) is 287 cm³/mol. The van der Waals surface area contributed by atoms with Gasteiger partial charge >= 0.3 is 0 Å². The van der Waals surface area contributed by atoms with Gasteiger partial charge in [-0.2, -0.15) is 0 Å². The third-order valence-corrected chi connectivity index (χ3v) is 16.0. The zero-order valence-corrected chi connectivity index (χ0v) is 41.2. The van der Waals surface area contributed by atoms with E-state index >= 15 is 0 Å².